The summed E-state index contributed by atoms with van der Waals surface area (Å²) in [5.41, 5.74) is -0.693. The van der Waals surface area contributed by atoms with Gasteiger partial charge in [0.2, 0.25) is 17.7 Å². The van der Waals surface area contributed by atoms with Crippen LogP contribution in [0.2, 0.25) is 0 Å². The van der Waals surface area contributed by atoms with Crippen molar-refractivity contribution in [2.75, 3.05) is 18.5 Å². The molecule has 4 N–H and O–H groups in total. The first-order chi connectivity index (χ1) is 17.6. The van der Waals surface area contributed by atoms with E-state index in [0.717, 1.165) is 11.0 Å². The first-order valence-corrected chi connectivity index (χ1v) is 12.2. The van der Waals surface area contributed by atoms with Crippen molar-refractivity contribution >= 4 is 35.3 Å². The van der Waals surface area contributed by atoms with E-state index >= 15 is 0 Å². The average molecular weight is 521 g/mol. The number of anilines is 1. The molecule has 37 heavy (non-hydrogen) atoms. The maximum atomic E-state index is 12.9. The maximum absolute atomic E-state index is 12.9. The minimum absolute atomic E-state index is 0.0690. The molecule has 0 spiro atoms. The van der Waals surface area contributed by atoms with Crippen molar-refractivity contribution in [3.63, 3.8) is 0 Å². The molecule has 0 radical (unpaired) electrons. The zero-order valence-corrected chi connectivity index (χ0v) is 21.5. The minimum atomic E-state index is -1.16. The number of nitrogens with zero attached hydrogens (tertiary/aromatic N) is 1. The van der Waals surface area contributed by atoms with Crippen LogP contribution < -0.4 is 21.5 Å². The lowest BCUT2D eigenvalue weighted by molar-refractivity contribution is -0.139. The second-order valence-corrected chi connectivity index (χ2v) is 8.41. The average Bonchev–Trinajstić information content (AvgIpc) is 2.85. The third-order valence-corrected chi connectivity index (χ3v) is 5.32. The summed E-state index contributed by atoms with van der Waals surface area (Å²) in [6, 6.07) is 1.76. The lowest BCUT2D eigenvalue weighted by Crippen LogP contribution is -2.44. The van der Waals surface area contributed by atoms with Crippen molar-refractivity contribution in [1.82, 2.24) is 15.2 Å². The Balaban J connectivity index is 2.92. The number of allylic oxidation sites excluding steroid dienone is 1. The van der Waals surface area contributed by atoms with Gasteiger partial charge >= 0.3 is 11.9 Å². The molecule has 0 saturated carbocycles. The van der Waals surface area contributed by atoms with Crippen molar-refractivity contribution in [3.8, 4) is 0 Å². The van der Waals surface area contributed by atoms with Gasteiger partial charge in [0.1, 0.15) is 18.3 Å². The van der Waals surface area contributed by atoms with Gasteiger partial charge in [-0.3, -0.25) is 24.0 Å². The Bertz CT molecular complexity index is 1030. The van der Waals surface area contributed by atoms with E-state index in [4.69, 9.17) is 9.84 Å². The number of esters is 1. The van der Waals surface area contributed by atoms with E-state index in [1.54, 1.807) is 6.92 Å². The van der Waals surface area contributed by atoms with Gasteiger partial charge in [0.25, 0.3) is 5.56 Å². The van der Waals surface area contributed by atoms with Crippen LogP contribution >= 0.6 is 0 Å². The van der Waals surface area contributed by atoms with Crippen molar-refractivity contribution in [2.45, 2.75) is 65.5 Å². The molecule has 0 bridgehead atoms. The molecule has 1 rings (SSSR count). The highest BCUT2D eigenvalue weighted by atomic mass is 16.5. The van der Waals surface area contributed by atoms with Gasteiger partial charge in [0.15, 0.2) is 0 Å². The quantitative estimate of drug-likeness (QED) is 0.186. The van der Waals surface area contributed by atoms with Gasteiger partial charge in [0.05, 0.1) is 13.0 Å². The van der Waals surface area contributed by atoms with E-state index in [-0.39, 0.29) is 44.0 Å². The molecular weight excluding hydrogens is 484 g/mol. The first-order valence-electron chi connectivity index (χ1n) is 12.2. The molecule has 12 heteroatoms. The zero-order valence-electron chi connectivity index (χ0n) is 21.5. The second-order valence-electron chi connectivity index (χ2n) is 8.41. The van der Waals surface area contributed by atoms with E-state index < -0.39 is 41.8 Å². The SMILES string of the molecule is CCOC(=O)C=CCCC(NC(=O)CCC(=O)O)C(=O)Nc1cccn(CC(=O)NCC(C)CC)c1=O. The number of pyridine rings is 1. The summed E-state index contributed by atoms with van der Waals surface area (Å²) in [5, 5.41) is 16.5. The normalized spacial score (nSPS) is 12.4. The smallest absolute Gasteiger partial charge is 0.330 e. The Morgan fingerprint density at radius 2 is 1.86 bits per heavy atom. The number of ether oxygens (including phenoxy) is 1. The second kappa shape index (κ2) is 16.7. The highest BCUT2D eigenvalue weighted by molar-refractivity contribution is 5.97. The van der Waals surface area contributed by atoms with Crippen LogP contribution in [0.15, 0.2) is 35.3 Å². The fourth-order valence-corrected chi connectivity index (χ4v) is 3.01. The zero-order chi connectivity index (χ0) is 27.8. The van der Waals surface area contributed by atoms with Crippen LogP contribution in [0.25, 0.3) is 0 Å². The molecular formula is C25H36N4O8. The van der Waals surface area contributed by atoms with Crippen LogP contribution in [0.4, 0.5) is 5.69 Å². The summed E-state index contributed by atoms with van der Waals surface area (Å²) in [6.45, 7) is 6.12. The lowest BCUT2D eigenvalue weighted by Gasteiger charge is -2.18. The number of amides is 3. The molecule has 1 aromatic rings. The molecule has 2 unspecified atom stereocenters. The molecule has 12 nitrogen and oxygen atoms in total. The number of nitrogens with one attached hydrogen (secondary N) is 3. The number of carboxylic acid groups (broad SMARTS) is 1. The van der Waals surface area contributed by atoms with Crippen molar-refractivity contribution < 1.29 is 33.8 Å². The van der Waals surface area contributed by atoms with Gasteiger partial charge < -0.3 is 30.4 Å². The fourth-order valence-electron chi connectivity index (χ4n) is 3.01. The molecule has 1 heterocycles. The minimum Gasteiger partial charge on any atom is -0.481 e. The number of carbonyl (C=O) groups is 5. The molecule has 0 aromatic carbocycles. The number of aliphatic carboxylic acids is 1. The number of carbonyl (C=O) groups excluding carboxylic acids is 4. The summed E-state index contributed by atoms with van der Waals surface area (Å²) in [6.07, 6.45) is 4.54. The number of hydrogen-bond acceptors (Lipinski definition) is 7. The monoisotopic (exact) mass is 520 g/mol. The standard InChI is InChI=1S/C25H36N4O8/c1-4-17(3)15-26-21(31)16-29-14-8-10-19(25(29)36)28-24(35)18(27-20(30)12-13-22(32)33)9-6-7-11-23(34)37-5-2/h7-8,10-11,14,17-18H,4-6,9,12-13,15-16H2,1-3H3,(H,26,31)(H,27,30)(H,28,35)(H,32,33). The van der Waals surface area contributed by atoms with Crippen molar-refractivity contribution in [2.24, 2.45) is 5.92 Å². The molecule has 0 aliphatic carbocycles. The summed E-state index contributed by atoms with van der Waals surface area (Å²) in [4.78, 5) is 72.3. The molecule has 0 saturated heterocycles. The Morgan fingerprint density at radius 1 is 1.14 bits per heavy atom. The highest BCUT2D eigenvalue weighted by Crippen LogP contribution is 2.06. The van der Waals surface area contributed by atoms with Gasteiger partial charge in [-0.1, -0.05) is 26.3 Å². The van der Waals surface area contributed by atoms with Gasteiger partial charge in [-0.15, -0.1) is 0 Å². The van der Waals surface area contributed by atoms with E-state index in [1.807, 2.05) is 13.8 Å². The topological polar surface area (TPSA) is 173 Å². The molecule has 2 atom stereocenters. The van der Waals surface area contributed by atoms with Gasteiger partial charge in [-0.25, -0.2) is 4.79 Å². The predicted octanol–water partition coefficient (Wildman–Crippen LogP) is 1.20. The number of rotatable bonds is 16. The molecule has 204 valence electrons. The van der Waals surface area contributed by atoms with Gasteiger partial charge in [-0.05, 0) is 37.8 Å². The summed E-state index contributed by atoms with van der Waals surface area (Å²) in [7, 11) is 0. The Kier molecular flexibility index (Phi) is 14.0. The maximum Gasteiger partial charge on any atom is 0.330 e. The van der Waals surface area contributed by atoms with Crippen LogP contribution in [0.3, 0.4) is 0 Å². The largest absolute Gasteiger partial charge is 0.481 e. The van der Waals surface area contributed by atoms with Crippen LogP contribution in [-0.2, 0) is 35.3 Å². The van der Waals surface area contributed by atoms with Crippen molar-refractivity contribution in [1.29, 1.82) is 0 Å². The first kappa shape index (κ1) is 31.1. The molecule has 1 aromatic heterocycles. The van der Waals surface area contributed by atoms with E-state index in [0.29, 0.717) is 12.5 Å². The van der Waals surface area contributed by atoms with Crippen LogP contribution in [0.1, 0.15) is 52.9 Å². The number of carboxylic acids is 1. The van der Waals surface area contributed by atoms with Crippen LogP contribution in [0.5, 0.6) is 0 Å². The molecule has 0 fully saturated rings. The molecule has 3 amide bonds. The summed E-state index contributed by atoms with van der Waals surface area (Å²) >= 11 is 0. The van der Waals surface area contributed by atoms with Crippen LogP contribution in [-0.4, -0.2) is 58.5 Å². The summed E-state index contributed by atoms with van der Waals surface area (Å²) in [5.74, 6) is -3.12. The fraction of sp³-hybridized carbons (Fsp3) is 0.520. The van der Waals surface area contributed by atoms with Gasteiger partial charge in [0, 0.05) is 25.2 Å². The third-order valence-electron chi connectivity index (χ3n) is 5.32. The lowest BCUT2D eigenvalue weighted by atomic mass is 10.1. The molecule has 0 aliphatic heterocycles. The Labute approximate surface area is 215 Å². The Hall–Kier alpha value is -3.96. The third kappa shape index (κ3) is 12.5. The Morgan fingerprint density at radius 3 is 2.51 bits per heavy atom. The number of hydrogen-bond donors (Lipinski definition) is 4. The highest BCUT2D eigenvalue weighted by Gasteiger charge is 2.22. The van der Waals surface area contributed by atoms with Crippen LogP contribution in [0, 0.1) is 5.92 Å². The molecule has 0 aliphatic rings. The van der Waals surface area contributed by atoms with E-state index in [9.17, 15) is 28.8 Å². The van der Waals surface area contributed by atoms with E-state index in [1.165, 1.54) is 30.5 Å². The summed E-state index contributed by atoms with van der Waals surface area (Å²) < 4.78 is 5.94. The number of aromatic nitrogens is 1. The predicted molar refractivity (Wildman–Crippen MR) is 136 cm³/mol. The van der Waals surface area contributed by atoms with Crippen molar-refractivity contribution in [3.05, 3.63) is 40.8 Å². The van der Waals surface area contributed by atoms with E-state index in [2.05, 4.69) is 16.0 Å². The van der Waals surface area contributed by atoms with Gasteiger partial charge in [-0.2, -0.15) is 0 Å².